The van der Waals surface area contributed by atoms with Gasteiger partial charge in [0.2, 0.25) is 0 Å². The van der Waals surface area contributed by atoms with Gasteiger partial charge in [-0.15, -0.1) is 0 Å². The summed E-state index contributed by atoms with van der Waals surface area (Å²) >= 11 is 0. The molecule has 2 nitrogen and oxygen atoms in total. The van der Waals surface area contributed by atoms with Gasteiger partial charge in [0.05, 0.1) is 6.10 Å². The topological polar surface area (TPSA) is 29.5 Å². The van der Waals surface area contributed by atoms with Gasteiger partial charge in [0.25, 0.3) is 0 Å². The molecular formula is C21H21O2P. The first-order chi connectivity index (χ1) is 11.7. The van der Waals surface area contributed by atoms with E-state index in [2.05, 4.69) is 24.3 Å². The van der Waals surface area contributed by atoms with Gasteiger partial charge in [0, 0.05) is 5.30 Å². The van der Waals surface area contributed by atoms with E-state index in [0.717, 1.165) is 27.5 Å². The van der Waals surface area contributed by atoms with E-state index in [-0.39, 0.29) is 0 Å². The van der Waals surface area contributed by atoms with E-state index in [1.807, 2.05) is 54.6 Å². The van der Waals surface area contributed by atoms with Crippen molar-refractivity contribution in [3.05, 3.63) is 90.0 Å². The first-order valence-electron chi connectivity index (χ1n) is 8.04. The first-order valence-corrected chi connectivity index (χ1v) is 9.04. The second kappa shape index (κ2) is 8.10. The smallest absolute Gasteiger partial charge is 0.127 e. The number of aliphatic hydroxyl groups is 1. The molecule has 0 bridgehead atoms. The largest absolute Gasteiger partial charge is 0.488 e. The Balaban J connectivity index is 1.80. The van der Waals surface area contributed by atoms with E-state index in [9.17, 15) is 5.11 Å². The van der Waals surface area contributed by atoms with Gasteiger partial charge in [0.15, 0.2) is 0 Å². The predicted molar refractivity (Wildman–Crippen MR) is 102 cm³/mol. The number of ether oxygens (including phenoxy) is 1. The Bertz CT molecular complexity index is 785. The molecule has 0 spiro atoms. The summed E-state index contributed by atoms with van der Waals surface area (Å²) in [5.41, 5.74) is 2.13. The average molecular weight is 336 g/mol. The lowest BCUT2D eigenvalue weighted by molar-refractivity contribution is 0.200. The van der Waals surface area contributed by atoms with Crippen molar-refractivity contribution in [2.45, 2.75) is 19.6 Å². The molecule has 122 valence electrons. The minimum Gasteiger partial charge on any atom is -0.488 e. The molecule has 0 aliphatic carbocycles. The summed E-state index contributed by atoms with van der Waals surface area (Å²) in [6.45, 7) is 2.36. The van der Waals surface area contributed by atoms with Gasteiger partial charge in [-0.1, -0.05) is 81.4 Å². The molecule has 0 aliphatic heterocycles. The van der Waals surface area contributed by atoms with Gasteiger partial charge in [-0.3, -0.25) is 0 Å². The van der Waals surface area contributed by atoms with E-state index >= 15 is 0 Å². The van der Waals surface area contributed by atoms with Crippen LogP contribution in [0.2, 0.25) is 0 Å². The van der Waals surface area contributed by atoms with Crippen molar-refractivity contribution in [3.8, 4) is 5.75 Å². The molecule has 0 aromatic heterocycles. The minimum absolute atomic E-state index is 0.450. The maximum Gasteiger partial charge on any atom is 0.127 e. The third-order valence-corrected chi connectivity index (χ3v) is 5.21. The van der Waals surface area contributed by atoms with Gasteiger partial charge in [-0.2, -0.15) is 0 Å². The Labute approximate surface area is 144 Å². The third kappa shape index (κ3) is 4.23. The number of aliphatic hydroxyl groups excluding tert-OH is 1. The molecule has 24 heavy (non-hydrogen) atoms. The van der Waals surface area contributed by atoms with Gasteiger partial charge < -0.3 is 9.84 Å². The molecular weight excluding hydrogens is 315 g/mol. The van der Waals surface area contributed by atoms with Crippen LogP contribution in [0.1, 0.15) is 24.2 Å². The van der Waals surface area contributed by atoms with Crippen molar-refractivity contribution in [1.29, 1.82) is 0 Å². The van der Waals surface area contributed by atoms with Crippen LogP contribution in [0, 0.1) is 0 Å². The highest BCUT2D eigenvalue weighted by atomic mass is 31.1. The van der Waals surface area contributed by atoms with Gasteiger partial charge >= 0.3 is 0 Å². The third-order valence-electron chi connectivity index (χ3n) is 3.80. The molecule has 3 aromatic carbocycles. The second-order valence-electron chi connectivity index (χ2n) is 5.66. The predicted octanol–water partition coefficient (Wildman–Crippen LogP) is 3.95. The molecule has 0 saturated carbocycles. The van der Waals surface area contributed by atoms with E-state index in [1.54, 1.807) is 6.92 Å². The van der Waals surface area contributed by atoms with Crippen LogP contribution in [0.15, 0.2) is 78.9 Å². The monoisotopic (exact) mass is 336 g/mol. The zero-order valence-electron chi connectivity index (χ0n) is 13.6. The Kier molecular flexibility index (Phi) is 5.63. The zero-order valence-corrected chi connectivity index (χ0v) is 14.6. The summed E-state index contributed by atoms with van der Waals surface area (Å²) in [5, 5.41) is 12.3. The molecule has 2 atom stereocenters. The Hall–Kier alpha value is -2.15. The molecule has 0 amide bonds. The normalized spacial score (nSPS) is 12.4. The molecule has 0 heterocycles. The molecule has 0 radical (unpaired) electrons. The number of benzene rings is 3. The Morgan fingerprint density at radius 1 is 0.833 bits per heavy atom. The van der Waals surface area contributed by atoms with Crippen molar-refractivity contribution >= 4 is 19.2 Å². The molecule has 3 heteroatoms. The zero-order chi connectivity index (χ0) is 16.8. The highest BCUT2D eigenvalue weighted by Gasteiger charge is 2.10. The van der Waals surface area contributed by atoms with Crippen LogP contribution in [0.4, 0.5) is 0 Å². The highest BCUT2D eigenvalue weighted by molar-refractivity contribution is 7.55. The SMILES string of the molecule is CC(O)c1ccccc1Pc1ccccc1OCc1ccccc1. The summed E-state index contributed by atoms with van der Waals surface area (Å²) in [6, 6.07) is 26.3. The van der Waals surface area contributed by atoms with E-state index in [0.29, 0.717) is 15.2 Å². The van der Waals surface area contributed by atoms with Crippen molar-refractivity contribution < 1.29 is 9.84 Å². The Morgan fingerprint density at radius 2 is 1.46 bits per heavy atom. The summed E-state index contributed by atoms with van der Waals surface area (Å²) in [4.78, 5) is 0. The fourth-order valence-electron chi connectivity index (χ4n) is 2.55. The molecule has 2 unspecified atom stereocenters. The van der Waals surface area contributed by atoms with Crippen LogP contribution >= 0.6 is 8.58 Å². The van der Waals surface area contributed by atoms with Crippen molar-refractivity contribution in [1.82, 2.24) is 0 Å². The van der Waals surface area contributed by atoms with Crippen molar-refractivity contribution in [3.63, 3.8) is 0 Å². The fourth-order valence-corrected chi connectivity index (χ4v) is 3.92. The molecule has 3 aromatic rings. The number of hydrogen-bond acceptors (Lipinski definition) is 2. The second-order valence-corrected chi connectivity index (χ2v) is 6.99. The van der Waals surface area contributed by atoms with Crippen LogP contribution < -0.4 is 15.3 Å². The van der Waals surface area contributed by atoms with Crippen LogP contribution in [0.25, 0.3) is 0 Å². The minimum atomic E-state index is -0.467. The fraction of sp³-hybridized carbons (Fsp3) is 0.143. The van der Waals surface area contributed by atoms with Gasteiger partial charge in [0.1, 0.15) is 12.4 Å². The van der Waals surface area contributed by atoms with Crippen LogP contribution in [-0.2, 0) is 6.61 Å². The lowest BCUT2D eigenvalue weighted by Gasteiger charge is -2.15. The van der Waals surface area contributed by atoms with E-state index in [4.69, 9.17) is 4.74 Å². The van der Waals surface area contributed by atoms with Crippen molar-refractivity contribution in [2.75, 3.05) is 0 Å². The molecule has 0 aliphatic rings. The van der Waals surface area contributed by atoms with Crippen LogP contribution in [0.3, 0.4) is 0 Å². The number of hydrogen-bond donors (Lipinski definition) is 1. The summed E-state index contributed by atoms with van der Waals surface area (Å²) in [7, 11) is 0.450. The number of rotatable bonds is 6. The average Bonchev–Trinajstić information content (AvgIpc) is 2.62. The maximum atomic E-state index is 9.98. The first kappa shape index (κ1) is 16.7. The molecule has 0 fully saturated rings. The quantitative estimate of drug-likeness (QED) is 0.691. The standard InChI is InChI=1S/C21H21O2P/c1-16(22)18-11-5-7-13-20(18)24-21-14-8-6-12-19(21)23-15-17-9-3-2-4-10-17/h2-14,16,22,24H,15H2,1H3. The molecule has 3 rings (SSSR count). The van der Waals surface area contributed by atoms with E-state index in [1.165, 1.54) is 0 Å². The summed E-state index contributed by atoms with van der Waals surface area (Å²) in [5.74, 6) is 0.903. The van der Waals surface area contributed by atoms with Crippen LogP contribution in [-0.4, -0.2) is 5.11 Å². The lowest BCUT2D eigenvalue weighted by Crippen LogP contribution is -2.13. The Morgan fingerprint density at radius 3 is 2.21 bits per heavy atom. The lowest BCUT2D eigenvalue weighted by atomic mass is 10.1. The summed E-state index contributed by atoms with van der Waals surface area (Å²) < 4.78 is 6.04. The molecule has 1 N–H and O–H groups in total. The summed E-state index contributed by atoms with van der Waals surface area (Å²) in [6.07, 6.45) is -0.467. The van der Waals surface area contributed by atoms with Crippen LogP contribution in [0.5, 0.6) is 5.75 Å². The van der Waals surface area contributed by atoms with Gasteiger partial charge in [-0.25, -0.2) is 0 Å². The molecule has 0 saturated heterocycles. The van der Waals surface area contributed by atoms with Gasteiger partial charge in [-0.05, 0) is 29.4 Å². The van der Waals surface area contributed by atoms with E-state index < -0.39 is 6.10 Å². The highest BCUT2D eigenvalue weighted by Crippen LogP contribution is 2.23. The number of para-hydroxylation sites is 1. The van der Waals surface area contributed by atoms with Crippen molar-refractivity contribution in [2.24, 2.45) is 0 Å². The maximum absolute atomic E-state index is 9.98.